The molecule has 18 heavy (non-hydrogen) atoms. The van der Waals surface area contributed by atoms with Gasteiger partial charge >= 0.3 is 0 Å². The molecule has 0 aromatic rings. The van der Waals surface area contributed by atoms with Gasteiger partial charge in [0.05, 0.1) is 0 Å². The Balaban J connectivity index is 2.44. The summed E-state index contributed by atoms with van der Waals surface area (Å²) >= 11 is 3.46. The molecule has 0 bridgehead atoms. The third kappa shape index (κ3) is 3.09. The monoisotopic (exact) mass is 317 g/mol. The van der Waals surface area contributed by atoms with E-state index in [1.165, 1.54) is 0 Å². The summed E-state index contributed by atoms with van der Waals surface area (Å²) in [6.07, 6.45) is 2.29. The van der Waals surface area contributed by atoms with Crippen molar-refractivity contribution in [1.29, 1.82) is 0 Å². The van der Waals surface area contributed by atoms with Crippen molar-refractivity contribution < 1.29 is 4.79 Å². The Morgan fingerprint density at radius 2 is 1.72 bits per heavy atom. The Hall–Kier alpha value is -0.0500. The highest BCUT2D eigenvalue weighted by Gasteiger charge is 2.68. The van der Waals surface area contributed by atoms with E-state index in [1.807, 2.05) is 0 Å². The molecule has 3 heteroatoms. The van der Waals surface area contributed by atoms with Crippen molar-refractivity contribution in [1.82, 2.24) is 5.32 Å². The van der Waals surface area contributed by atoms with E-state index in [-0.39, 0.29) is 28.1 Å². The zero-order valence-corrected chi connectivity index (χ0v) is 14.3. The highest BCUT2D eigenvalue weighted by Crippen LogP contribution is 2.68. The van der Waals surface area contributed by atoms with Gasteiger partial charge in [-0.25, -0.2) is 0 Å². The van der Waals surface area contributed by atoms with Crippen molar-refractivity contribution in [3.05, 3.63) is 0 Å². The van der Waals surface area contributed by atoms with Crippen molar-refractivity contribution in [2.75, 3.05) is 11.9 Å². The first kappa shape index (κ1) is 16.0. The molecule has 1 N–H and O–H groups in total. The van der Waals surface area contributed by atoms with Gasteiger partial charge in [0.15, 0.2) is 0 Å². The molecule has 0 aromatic heterocycles. The quantitative estimate of drug-likeness (QED) is 0.737. The van der Waals surface area contributed by atoms with E-state index in [0.29, 0.717) is 0 Å². The predicted octanol–water partition coefficient (Wildman–Crippen LogP) is 3.99. The van der Waals surface area contributed by atoms with Crippen LogP contribution in [0.25, 0.3) is 0 Å². The second-order valence-corrected chi connectivity index (χ2v) is 8.34. The van der Waals surface area contributed by atoms with Crippen molar-refractivity contribution in [2.24, 2.45) is 22.2 Å². The molecule has 0 aromatic carbocycles. The van der Waals surface area contributed by atoms with Gasteiger partial charge in [0.25, 0.3) is 0 Å². The highest BCUT2D eigenvalue weighted by atomic mass is 79.9. The SMILES string of the molecule is CC(C)(CCCBr)CNC(=O)C1C(C)(C)C1(C)C. The van der Waals surface area contributed by atoms with Crippen molar-refractivity contribution in [3.8, 4) is 0 Å². The Morgan fingerprint density at radius 1 is 1.22 bits per heavy atom. The molecule has 0 radical (unpaired) electrons. The van der Waals surface area contributed by atoms with Crippen LogP contribution in [0.4, 0.5) is 0 Å². The second kappa shape index (κ2) is 5.15. The van der Waals surface area contributed by atoms with E-state index in [0.717, 1.165) is 24.7 Å². The molecule has 1 rings (SSSR count). The van der Waals surface area contributed by atoms with Crippen LogP contribution in [0, 0.1) is 22.2 Å². The molecular formula is C15H28BrNO. The second-order valence-electron chi connectivity index (χ2n) is 7.55. The first-order valence-electron chi connectivity index (χ1n) is 6.90. The minimum Gasteiger partial charge on any atom is -0.355 e. The summed E-state index contributed by atoms with van der Waals surface area (Å²) in [7, 11) is 0. The van der Waals surface area contributed by atoms with Gasteiger partial charge in [0.1, 0.15) is 0 Å². The smallest absolute Gasteiger partial charge is 0.224 e. The van der Waals surface area contributed by atoms with Crippen LogP contribution >= 0.6 is 15.9 Å². The molecule has 1 saturated carbocycles. The summed E-state index contributed by atoms with van der Waals surface area (Å²) < 4.78 is 0. The molecule has 1 amide bonds. The first-order chi connectivity index (χ1) is 8.06. The number of carbonyl (C=O) groups is 1. The maximum atomic E-state index is 12.2. The lowest BCUT2D eigenvalue weighted by atomic mass is 9.88. The minimum absolute atomic E-state index is 0.136. The number of nitrogens with one attached hydrogen (secondary N) is 1. The average molecular weight is 318 g/mol. The first-order valence-corrected chi connectivity index (χ1v) is 8.02. The van der Waals surface area contributed by atoms with Gasteiger partial charge in [-0.1, -0.05) is 57.5 Å². The Morgan fingerprint density at radius 3 is 2.11 bits per heavy atom. The average Bonchev–Trinajstić information content (AvgIpc) is 2.64. The standard InChI is InChI=1S/C15H28BrNO/c1-13(2,8-7-9-16)10-17-12(18)11-14(3,4)15(11,5)6/h11H,7-10H2,1-6H3,(H,17,18). The minimum atomic E-state index is 0.136. The number of hydrogen-bond acceptors (Lipinski definition) is 1. The van der Waals surface area contributed by atoms with E-state index in [2.05, 4.69) is 62.8 Å². The molecule has 0 saturated heterocycles. The highest BCUT2D eigenvalue weighted by molar-refractivity contribution is 9.09. The summed E-state index contributed by atoms with van der Waals surface area (Å²) in [5.41, 5.74) is 0.459. The number of amides is 1. The van der Waals surface area contributed by atoms with E-state index in [1.54, 1.807) is 0 Å². The molecule has 0 heterocycles. The molecule has 2 nitrogen and oxygen atoms in total. The summed E-state index contributed by atoms with van der Waals surface area (Å²) in [6.45, 7) is 14.0. The van der Waals surface area contributed by atoms with E-state index < -0.39 is 0 Å². The number of carbonyl (C=O) groups excluding carboxylic acids is 1. The van der Waals surface area contributed by atoms with E-state index in [9.17, 15) is 4.79 Å². The predicted molar refractivity (Wildman–Crippen MR) is 80.9 cm³/mol. The summed E-state index contributed by atoms with van der Waals surface area (Å²) in [4.78, 5) is 12.2. The molecule has 0 spiro atoms. The lowest BCUT2D eigenvalue weighted by molar-refractivity contribution is -0.123. The zero-order chi connectivity index (χ0) is 14.2. The summed E-state index contributed by atoms with van der Waals surface area (Å²) in [6, 6.07) is 0. The van der Waals surface area contributed by atoms with Crippen LogP contribution in [-0.4, -0.2) is 17.8 Å². The van der Waals surface area contributed by atoms with Crippen LogP contribution < -0.4 is 5.32 Å². The van der Waals surface area contributed by atoms with Crippen molar-refractivity contribution in [2.45, 2.75) is 54.4 Å². The van der Waals surface area contributed by atoms with Crippen LogP contribution in [0.1, 0.15) is 54.4 Å². The van der Waals surface area contributed by atoms with Gasteiger partial charge in [0, 0.05) is 17.8 Å². The molecule has 1 aliphatic carbocycles. The van der Waals surface area contributed by atoms with Crippen LogP contribution in [0.3, 0.4) is 0 Å². The van der Waals surface area contributed by atoms with Gasteiger partial charge in [-0.05, 0) is 29.1 Å². The van der Waals surface area contributed by atoms with Crippen molar-refractivity contribution >= 4 is 21.8 Å². The molecule has 0 unspecified atom stereocenters. The fourth-order valence-corrected chi connectivity index (χ4v) is 3.19. The molecule has 0 aliphatic heterocycles. The van der Waals surface area contributed by atoms with Gasteiger partial charge in [-0.2, -0.15) is 0 Å². The third-order valence-electron chi connectivity index (χ3n) is 5.01. The lowest BCUT2D eigenvalue weighted by Crippen LogP contribution is -2.36. The molecule has 1 fully saturated rings. The van der Waals surface area contributed by atoms with Crippen LogP contribution in [0.15, 0.2) is 0 Å². The van der Waals surface area contributed by atoms with Crippen LogP contribution in [-0.2, 0) is 4.79 Å². The van der Waals surface area contributed by atoms with Gasteiger partial charge in [-0.15, -0.1) is 0 Å². The molecule has 0 atom stereocenters. The molecular weight excluding hydrogens is 290 g/mol. The Labute approximate surface area is 120 Å². The van der Waals surface area contributed by atoms with Crippen LogP contribution in [0.2, 0.25) is 0 Å². The summed E-state index contributed by atoms with van der Waals surface area (Å²) in [5.74, 6) is 0.397. The van der Waals surface area contributed by atoms with E-state index in [4.69, 9.17) is 0 Å². The van der Waals surface area contributed by atoms with Gasteiger partial charge in [-0.3, -0.25) is 4.79 Å². The largest absolute Gasteiger partial charge is 0.355 e. The van der Waals surface area contributed by atoms with Gasteiger partial charge < -0.3 is 5.32 Å². The number of halogens is 1. The fraction of sp³-hybridized carbons (Fsp3) is 0.933. The summed E-state index contributed by atoms with van der Waals surface area (Å²) in [5, 5.41) is 4.19. The maximum Gasteiger partial charge on any atom is 0.224 e. The zero-order valence-electron chi connectivity index (χ0n) is 12.7. The molecule has 106 valence electrons. The van der Waals surface area contributed by atoms with E-state index >= 15 is 0 Å². The number of rotatable bonds is 6. The van der Waals surface area contributed by atoms with Crippen molar-refractivity contribution in [3.63, 3.8) is 0 Å². The number of alkyl halides is 1. The topological polar surface area (TPSA) is 29.1 Å². The maximum absolute atomic E-state index is 12.2. The molecule has 1 aliphatic rings. The lowest BCUT2D eigenvalue weighted by Gasteiger charge is -2.25. The normalized spacial score (nSPS) is 21.7. The Bertz CT molecular complexity index is 306. The van der Waals surface area contributed by atoms with Gasteiger partial charge in [0.2, 0.25) is 5.91 Å². The Kier molecular flexibility index (Phi) is 4.58. The third-order valence-corrected chi connectivity index (χ3v) is 5.57. The van der Waals surface area contributed by atoms with Crippen LogP contribution in [0.5, 0.6) is 0 Å². The number of hydrogen-bond donors (Lipinski definition) is 1. The fourth-order valence-electron chi connectivity index (χ4n) is 2.91.